The van der Waals surface area contributed by atoms with E-state index in [-0.39, 0.29) is 11.3 Å². The maximum atomic E-state index is 14.3. The summed E-state index contributed by atoms with van der Waals surface area (Å²) in [6.45, 7) is 32.7. The van der Waals surface area contributed by atoms with Crippen LogP contribution in [-0.2, 0) is 25.2 Å². The lowest BCUT2D eigenvalue weighted by Crippen LogP contribution is -2.76. The second kappa shape index (κ2) is 21.5. The molecule has 60 heavy (non-hydrogen) atoms. The van der Waals surface area contributed by atoms with Crippen LogP contribution in [-0.4, -0.2) is 64.7 Å². The Morgan fingerprint density at radius 3 is 1.23 bits per heavy atom. The molecule has 0 fully saturated rings. The lowest BCUT2D eigenvalue weighted by atomic mass is 9.82. The highest BCUT2D eigenvalue weighted by Crippen LogP contribution is 2.64. The van der Waals surface area contributed by atoms with Crippen molar-refractivity contribution < 1.29 is 41.8 Å². The molecule has 2 aromatic carbocycles. The first-order valence-corrected chi connectivity index (χ1v) is 36.6. The van der Waals surface area contributed by atoms with Crippen molar-refractivity contribution in [3.63, 3.8) is 0 Å². The summed E-state index contributed by atoms with van der Waals surface area (Å²) in [5, 5.41) is 28.4. The molecule has 344 valence electrons. The number of rotatable bonds is 27. The van der Waals surface area contributed by atoms with Gasteiger partial charge in [0.05, 0.1) is 0 Å². The molecule has 1 aliphatic rings. The van der Waals surface area contributed by atoms with E-state index in [2.05, 4.69) is 104 Å². The molecular weight excluding hydrogens is 837 g/mol. The summed E-state index contributed by atoms with van der Waals surface area (Å²) in [5.41, 5.74) is 0.702. The topological polar surface area (TPSA) is 105 Å². The normalized spacial score (nSPS) is 21.4. The molecule has 0 spiro atoms. The summed E-state index contributed by atoms with van der Waals surface area (Å²) >= 11 is 0. The molecule has 1 heterocycles. The Morgan fingerprint density at radius 2 is 0.850 bits per heavy atom. The van der Waals surface area contributed by atoms with E-state index in [4.69, 9.17) is 31.6 Å². The van der Waals surface area contributed by atoms with E-state index in [9.17, 15) is 10.2 Å². The van der Waals surface area contributed by atoms with Gasteiger partial charge in [-0.3, -0.25) is 0 Å². The number of fused-ring (bicyclic) bond motifs is 1. The van der Waals surface area contributed by atoms with Gasteiger partial charge in [-0.25, -0.2) is 0 Å². The predicted molar refractivity (Wildman–Crippen MR) is 261 cm³/mol. The van der Waals surface area contributed by atoms with E-state index in [0.717, 1.165) is 72.5 Å². The maximum absolute atomic E-state index is 14.3. The fourth-order valence-electron chi connectivity index (χ4n) is 9.44. The van der Waals surface area contributed by atoms with Crippen molar-refractivity contribution in [3.8, 4) is 23.0 Å². The van der Waals surface area contributed by atoms with Crippen LogP contribution in [0.4, 0.5) is 0 Å². The van der Waals surface area contributed by atoms with Gasteiger partial charge in [0.1, 0.15) is 11.3 Å². The van der Waals surface area contributed by atoms with Crippen molar-refractivity contribution in [1.29, 1.82) is 0 Å². The summed E-state index contributed by atoms with van der Waals surface area (Å²) in [4.78, 5) is 0. The van der Waals surface area contributed by atoms with Crippen LogP contribution in [0.15, 0.2) is 36.4 Å². The summed E-state index contributed by atoms with van der Waals surface area (Å²) in [6, 6.07) is 23.7. The number of aliphatic hydroxyl groups is 2. The molecule has 0 saturated carbocycles. The Labute approximate surface area is 371 Å². The lowest BCUT2D eigenvalue weighted by Gasteiger charge is -2.59. The van der Waals surface area contributed by atoms with E-state index in [1.807, 2.05) is 36.4 Å². The highest BCUT2D eigenvalue weighted by atomic mass is 28.4. The SMILES string of the molecule is CC[Si](CC)(CC)Oc1cc2c(c(O[Si](CC)(CC)CC)c1O[Si](CC)(CC)CC)C(O)(OC)C(O)(O[Si](CC)(CC)CC)C(O[Si](CC)(CC)CC)(c1ccccc1)O2. The van der Waals surface area contributed by atoms with Crippen molar-refractivity contribution in [1.82, 2.24) is 0 Å². The molecule has 0 radical (unpaired) electrons. The van der Waals surface area contributed by atoms with Gasteiger partial charge in [0.25, 0.3) is 42.3 Å². The van der Waals surface area contributed by atoms with Crippen molar-refractivity contribution >= 4 is 41.6 Å². The van der Waals surface area contributed by atoms with E-state index < -0.39 is 58.9 Å². The van der Waals surface area contributed by atoms with Crippen LogP contribution in [0.1, 0.15) is 115 Å². The van der Waals surface area contributed by atoms with E-state index in [1.165, 1.54) is 7.11 Å². The van der Waals surface area contributed by atoms with Gasteiger partial charge in [0, 0.05) is 18.7 Å². The molecule has 0 amide bonds. The quantitative estimate of drug-likeness (QED) is 0.0669. The molecule has 0 saturated heterocycles. The van der Waals surface area contributed by atoms with Crippen molar-refractivity contribution in [3.05, 3.63) is 47.5 Å². The maximum Gasteiger partial charge on any atom is 0.288 e. The third-order valence-electron chi connectivity index (χ3n) is 15.5. The minimum atomic E-state index is -2.85. The van der Waals surface area contributed by atoms with Crippen LogP contribution >= 0.6 is 0 Å². The molecule has 0 aromatic heterocycles. The van der Waals surface area contributed by atoms with Crippen LogP contribution in [0.3, 0.4) is 0 Å². The van der Waals surface area contributed by atoms with Crippen LogP contribution in [0.2, 0.25) is 90.7 Å². The average Bonchev–Trinajstić information content (AvgIpc) is 3.30. The van der Waals surface area contributed by atoms with Gasteiger partial charge in [-0.1, -0.05) is 134 Å². The second-order valence-electron chi connectivity index (χ2n) is 17.2. The van der Waals surface area contributed by atoms with Crippen molar-refractivity contribution in [2.75, 3.05) is 7.11 Å². The number of ether oxygens (including phenoxy) is 2. The summed E-state index contributed by atoms with van der Waals surface area (Å²) in [6.07, 6.45) is 0. The summed E-state index contributed by atoms with van der Waals surface area (Å²) in [7, 11) is -11.5. The van der Waals surface area contributed by atoms with Gasteiger partial charge >= 0.3 is 0 Å². The van der Waals surface area contributed by atoms with Crippen molar-refractivity contribution in [2.45, 2.75) is 212 Å². The third kappa shape index (κ3) is 9.35. The first-order chi connectivity index (χ1) is 28.5. The number of benzene rings is 2. The number of hydrogen-bond donors (Lipinski definition) is 2. The van der Waals surface area contributed by atoms with E-state index in [0.29, 0.717) is 40.9 Å². The minimum Gasteiger partial charge on any atom is -0.541 e. The molecule has 0 aliphatic carbocycles. The third-order valence-corrected chi connectivity index (χ3v) is 38.2. The zero-order chi connectivity index (χ0) is 45.3. The molecule has 9 nitrogen and oxygen atoms in total. The van der Waals surface area contributed by atoms with Crippen molar-refractivity contribution in [2.24, 2.45) is 0 Å². The number of hydrogen-bond acceptors (Lipinski definition) is 9. The zero-order valence-electron chi connectivity index (χ0n) is 40.8. The largest absolute Gasteiger partial charge is 0.541 e. The van der Waals surface area contributed by atoms with Crippen LogP contribution < -0.4 is 18.0 Å². The molecule has 0 bridgehead atoms. The standard InChI is InChI=1S/C46H86O9Si5/c1-17-56(18-2,19-3)51-40-37-39-41(43(53-58(23-7,24-8)25-9)42(40)52-57(20-4,21-5)22-6)44(47,49-16)46(48,55-60(29-13,30-14)31-15)45(50-39,38-35-33-32-34-36-38)54-59(26-10,27-11)28-12/h32-37,47-48H,17-31H2,1-16H3. The fourth-order valence-corrected chi connectivity index (χ4v) is 22.8. The molecule has 3 atom stereocenters. The number of methoxy groups -OCH3 is 1. The fraction of sp³-hybridized carbons (Fsp3) is 0.739. The molecule has 1 aliphatic heterocycles. The molecular formula is C46H86O9Si5. The van der Waals surface area contributed by atoms with E-state index >= 15 is 0 Å². The zero-order valence-corrected chi connectivity index (χ0v) is 45.8. The first-order valence-electron chi connectivity index (χ1n) is 23.9. The van der Waals surface area contributed by atoms with Crippen LogP contribution in [0.5, 0.6) is 23.0 Å². The Hall–Kier alpha value is -1.48. The predicted octanol–water partition coefficient (Wildman–Crippen LogP) is 13.6. The van der Waals surface area contributed by atoms with Gasteiger partial charge in [-0.15, -0.1) is 0 Å². The Morgan fingerprint density at radius 1 is 0.483 bits per heavy atom. The smallest absolute Gasteiger partial charge is 0.288 e. The van der Waals surface area contributed by atoms with Crippen LogP contribution in [0.25, 0.3) is 0 Å². The summed E-state index contributed by atoms with van der Waals surface area (Å²) in [5.74, 6) is -5.59. The van der Waals surface area contributed by atoms with Gasteiger partial charge in [-0.05, 0) is 90.7 Å². The summed E-state index contributed by atoms with van der Waals surface area (Å²) < 4.78 is 51.8. The average molecular weight is 924 g/mol. The van der Waals surface area contributed by atoms with Gasteiger partial charge < -0.3 is 41.8 Å². The molecule has 3 unspecified atom stereocenters. The Balaban J connectivity index is 2.89. The Kier molecular flexibility index (Phi) is 18.9. The minimum absolute atomic E-state index is 0.170. The monoisotopic (exact) mass is 923 g/mol. The molecule has 2 aromatic rings. The molecule has 14 heteroatoms. The Bertz CT molecular complexity index is 1590. The molecule has 2 N–H and O–H groups in total. The second-order valence-corrected chi connectivity index (χ2v) is 40.7. The first kappa shape index (κ1) is 52.9. The van der Waals surface area contributed by atoms with E-state index in [1.54, 1.807) is 0 Å². The van der Waals surface area contributed by atoms with Gasteiger partial charge in [0.15, 0.2) is 33.9 Å². The van der Waals surface area contributed by atoms with Gasteiger partial charge in [-0.2, -0.15) is 0 Å². The molecule has 3 rings (SSSR count). The van der Waals surface area contributed by atoms with Crippen LogP contribution in [0, 0.1) is 0 Å². The highest BCUT2D eigenvalue weighted by Gasteiger charge is 2.76. The lowest BCUT2D eigenvalue weighted by molar-refractivity contribution is -0.460. The highest BCUT2D eigenvalue weighted by molar-refractivity contribution is 6.76. The van der Waals surface area contributed by atoms with Gasteiger partial charge in [0.2, 0.25) is 0 Å².